The lowest BCUT2D eigenvalue weighted by molar-refractivity contribution is -0.119. The minimum absolute atomic E-state index is 0.111. The summed E-state index contributed by atoms with van der Waals surface area (Å²) < 4.78 is 8.34. The summed E-state index contributed by atoms with van der Waals surface area (Å²) >= 11 is 0. The highest BCUT2D eigenvalue weighted by Crippen LogP contribution is 2.36. The van der Waals surface area contributed by atoms with Gasteiger partial charge < -0.3 is 19.7 Å². The lowest BCUT2D eigenvalue weighted by Crippen LogP contribution is -2.30. The molecule has 1 heterocycles. The fourth-order valence-electron chi connectivity index (χ4n) is 5.18. The Bertz CT molecular complexity index is 1390. The fourth-order valence-corrected chi connectivity index (χ4v) is 5.18. The van der Waals surface area contributed by atoms with E-state index in [1.807, 2.05) is 60.7 Å². The number of hydrogen-bond donors (Lipinski definition) is 2. The van der Waals surface area contributed by atoms with Crippen LogP contribution in [0.1, 0.15) is 67.0 Å². The van der Waals surface area contributed by atoms with Gasteiger partial charge in [0.2, 0.25) is 5.91 Å². The summed E-state index contributed by atoms with van der Waals surface area (Å²) in [6, 6.07) is 22.9. The van der Waals surface area contributed by atoms with Gasteiger partial charge in [0.25, 0.3) is 0 Å². The quantitative estimate of drug-likeness (QED) is 0.304. The summed E-state index contributed by atoms with van der Waals surface area (Å²) in [7, 11) is 0. The zero-order chi connectivity index (χ0) is 25.8. The Balaban J connectivity index is 1.42. The molecule has 0 radical (unpaired) electrons. The van der Waals surface area contributed by atoms with Gasteiger partial charge in [0, 0.05) is 18.5 Å². The number of carboxylic acids is 1. The molecule has 5 rings (SSSR count). The Hall–Kier alpha value is -4.13. The first-order valence-corrected chi connectivity index (χ1v) is 12.8. The molecule has 1 fully saturated rings. The summed E-state index contributed by atoms with van der Waals surface area (Å²) in [4.78, 5) is 28.1. The second-order valence-corrected chi connectivity index (χ2v) is 9.61. The van der Waals surface area contributed by atoms with E-state index in [1.54, 1.807) is 12.1 Å². The molecule has 190 valence electrons. The number of hydrogen-bond acceptors (Lipinski definition) is 4. The standard InChI is InChI=1S/C30H31N3O4/c1-20(34)31-27(21-8-4-2-5-9-21)19-37-25-15-12-22(13-16-25)29-32-26-18-23(30(35)36)14-17-28(26)33(29)24-10-6-3-7-11-24/h2,4-5,8-9,12-18,24,27H,3,6-7,10-11,19H2,1H3,(H,31,34)(H,35,36)/t27-/m1/s1. The molecule has 0 saturated heterocycles. The monoisotopic (exact) mass is 497 g/mol. The first-order valence-electron chi connectivity index (χ1n) is 12.8. The van der Waals surface area contributed by atoms with Crippen LogP contribution in [-0.2, 0) is 4.79 Å². The normalized spacial score (nSPS) is 14.8. The van der Waals surface area contributed by atoms with Gasteiger partial charge in [-0.05, 0) is 60.9 Å². The number of carboxylic acid groups (broad SMARTS) is 1. The van der Waals surface area contributed by atoms with Crippen molar-refractivity contribution in [2.24, 2.45) is 0 Å². The summed E-state index contributed by atoms with van der Waals surface area (Å²) in [6.45, 7) is 1.81. The van der Waals surface area contributed by atoms with Crippen molar-refractivity contribution < 1.29 is 19.4 Å². The number of carbonyl (C=O) groups excluding carboxylic acids is 1. The number of nitrogens with one attached hydrogen (secondary N) is 1. The maximum Gasteiger partial charge on any atom is 0.335 e. The van der Waals surface area contributed by atoms with Gasteiger partial charge >= 0.3 is 5.97 Å². The van der Waals surface area contributed by atoms with Crippen LogP contribution in [0, 0.1) is 0 Å². The number of aromatic carboxylic acids is 1. The molecule has 1 atom stereocenters. The van der Waals surface area contributed by atoms with Gasteiger partial charge in [0.05, 0.1) is 22.6 Å². The van der Waals surface area contributed by atoms with E-state index in [2.05, 4.69) is 9.88 Å². The molecule has 1 aliphatic rings. The van der Waals surface area contributed by atoms with Crippen molar-refractivity contribution in [2.75, 3.05) is 6.61 Å². The van der Waals surface area contributed by atoms with Crippen LogP contribution in [0.4, 0.5) is 0 Å². The third-order valence-electron chi connectivity index (χ3n) is 6.98. The second-order valence-electron chi connectivity index (χ2n) is 9.61. The van der Waals surface area contributed by atoms with Crippen molar-refractivity contribution in [3.05, 3.63) is 83.9 Å². The van der Waals surface area contributed by atoms with E-state index in [0.29, 0.717) is 23.9 Å². The third kappa shape index (κ3) is 5.50. The fraction of sp³-hybridized carbons (Fsp3) is 0.300. The number of imidazole rings is 1. The van der Waals surface area contributed by atoms with Crippen molar-refractivity contribution in [1.29, 1.82) is 0 Å². The van der Waals surface area contributed by atoms with Gasteiger partial charge in [-0.3, -0.25) is 4.79 Å². The van der Waals surface area contributed by atoms with Crippen molar-refractivity contribution in [1.82, 2.24) is 14.9 Å². The van der Waals surface area contributed by atoms with Crippen LogP contribution in [0.3, 0.4) is 0 Å². The van der Waals surface area contributed by atoms with E-state index in [4.69, 9.17) is 9.72 Å². The Labute approximate surface area is 216 Å². The average molecular weight is 498 g/mol. The van der Waals surface area contributed by atoms with Gasteiger partial charge in [-0.25, -0.2) is 9.78 Å². The van der Waals surface area contributed by atoms with E-state index in [9.17, 15) is 14.7 Å². The lowest BCUT2D eigenvalue weighted by Gasteiger charge is -2.25. The van der Waals surface area contributed by atoms with E-state index in [-0.39, 0.29) is 17.5 Å². The molecular weight excluding hydrogens is 466 g/mol. The highest BCUT2D eigenvalue weighted by Gasteiger charge is 2.23. The predicted octanol–water partition coefficient (Wildman–Crippen LogP) is 6.16. The van der Waals surface area contributed by atoms with Crippen LogP contribution >= 0.6 is 0 Å². The van der Waals surface area contributed by atoms with Crippen LogP contribution in [-0.4, -0.2) is 33.1 Å². The number of ether oxygens (including phenoxy) is 1. The van der Waals surface area contributed by atoms with Crippen molar-refractivity contribution in [3.63, 3.8) is 0 Å². The van der Waals surface area contributed by atoms with Crippen LogP contribution in [0.5, 0.6) is 5.75 Å². The van der Waals surface area contributed by atoms with E-state index in [0.717, 1.165) is 35.3 Å². The topological polar surface area (TPSA) is 93.4 Å². The highest BCUT2D eigenvalue weighted by molar-refractivity contribution is 5.93. The Kier molecular flexibility index (Phi) is 7.21. The van der Waals surface area contributed by atoms with Gasteiger partial charge in [-0.1, -0.05) is 49.6 Å². The summed E-state index contributed by atoms with van der Waals surface area (Å²) in [5, 5.41) is 12.4. The van der Waals surface area contributed by atoms with Crippen LogP contribution in [0.25, 0.3) is 22.4 Å². The highest BCUT2D eigenvalue weighted by atomic mass is 16.5. The predicted molar refractivity (Wildman–Crippen MR) is 143 cm³/mol. The number of amides is 1. The second kappa shape index (κ2) is 10.9. The van der Waals surface area contributed by atoms with Gasteiger partial charge in [0.15, 0.2) is 0 Å². The zero-order valence-corrected chi connectivity index (χ0v) is 20.9. The molecule has 7 heteroatoms. The molecule has 37 heavy (non-hydrogen) atoms. The van der Waals surface area contributed by atoms with Gasteiger partial charge in [0.1, 0.15) is 18.2 Å². The van der Waals surface area contributed by atoms with Crippen LogP contribution in [0.15, 0.2) is 72.8 Å². The Morgan fingerprint density at radius 1 is 1.03 bits per heavy atom. The molecule has 1 saturated carbocycles. The first kappa shape index (κ1) is 24.6. The molecule has 1 amide bonds. The SMILES string of the molecule is CC(=O)N[C@H](COc1ccc(-c2nc3cc(C(=O)O)ccc3n2C2CCCCC2)cc1)c1ccccc1. The van der Waals surface area contributed by atoms with Crippen molar-refractivity contribution in [2.45, 2.75) is 51.1 Å². The van der Waals surface area contributed by atoms with Gasteiger partial charge in [-0.2, -0.15) is 0 Å². The number of fused-ring (bicyclic) bond motifs is 1. The summed E-state index contributed by atoms with van der Waals surface area (Å²) in [6.07, 6.45) is 5.78. The molecule has 3 aromatic carbocycles. The van der Waals surface area contributed by atoms with E-state index >= 15 is 0 Å². The van der Waals surface area contributed by atoms with Crippen LogP contribution < -0.4 is 10.1 Å². The minimum atomic E-state index is -0.953. The zero-order valence-electron chi connectivity index (χ0n) is 20.9. The number of nitrogens with zero attached hydrogens (tertiary/aromatic N) is 2. The minimum Gasteiger partial charge on any atom is -0.491 e. The molecule has 0 spiro atoms. The molecule has 0 unspecified atom stereocenters. The number of benzene rings is 3. The third-order valence-corrected chi connectivity index (χ3v) is 6.98. The van der Waals surface area contributed by atoms with E-state index < -0.39 is 5.97 Å². The number of rotatable bonds is 8. The summed E-state index contributed by atoms with van der Waals surface area (Å²) in [5.41, 5.74) is 3.84. The van der Waals surface area contributed by atoms with Crippen molar-refractivity contribution >= 4 is 22.9 Å². The maximum atomic E-state index is 11.7. The van der Waals surface area contributed by atoms with Crippen molar-refractivity contribution in [3.8, 4) is 17.1 Å². The maximum absolute atomic E-state index is 11.7. The average Bonchev–Trinajstić information content (AvgIpc) is 3.31. The molecule has 0 bridgehead atoms. The summed E-state index contributed by atoms with van der Waals surface area (Å²) in [5.74, 6) is 0.477. The smallest absolute Gasteiger partial charge is 0.335 e. The molecule has 0 aliphatic heterocycles. The first-order chi connectivity index (χ1) is 18.0. The molecule has 4 aromatic rings. The van der Waals surface area contributed by atoms with Crippen LogP contribution in [0.2, 0.25) is 0 Å². The molecule has 2 N–H and O–H groups in total. The lowest BCUT2D eigenvalue weighted by atomic mass is 9.95. The number of aromatic nitrogens is 2. The Morgan fingerprint density at radius 3 is 2.43 bits per heavy atom. The molecular formula is C30H31N3O4. The molecule has 1 aromatic heterocycles. The molecule has 1 aliphatic carbocycles. The largest absolute Gasteiger partial charge is 0.491 e. The number of carbonyl (C=O) groups is 2. The molecule has 7 nitrogen and oxygen atoms in total. The van der Waals surface area contributed by atoms with Gasteiger partial charge in [-0.15, -0.1) is 0 Å². The van der Waals surface area contributed by atoms with E-state index in [1.165, 1.54) is 26.2 Å². The Morgan fingerprint density at radius 2 is 1.76 bits per heavy atom.